The molecule has 6 rings (SSSR count). The van der Waals surface area contributed by atoms with Crippen LogP contribution in [0.2, 0.25) is 0 Å². The van der Waals surface area contributed by atoms with E-state index in [0.717, 1.165) is 21.5 Å². The van der Waals surface area contributed by atoms with Gasteiger partial charge in [-0.05, 0) is 31.5 Å². The third-order valence-corrected chi connectivity index (χ3v) is 6.74. The van der Waals surface area contributed by atoms with Gasteiger partial charge in [0, 0.05) is 11.3 Å². The molecular formula is C21H17N5O3S. The van der Waals surface area contributed by atoms with Crippen LogP contribution < -0.4 is 0 Å². The summed E-state index contributed by atoms with van der Waals surface area (Å²) in [5.74, 6) is -0.223. The van der Waals surface area contributed by atoms with E-state index in [9.17, 15) is 9.59 Å². The SMILES string of the molecule is CC1(C)Cc2c(sc3ncn4nc(CN5C(=O)c6ccccc6C5=O)nc4c23)CO1. The van der Waals surface area contributed by atoms with Crippen molar-refractivity contribution < 1.29 is 14.3 Å². The van der Waals surface area contributed by atoms with Gasteiger partial charge in [-0.1, -0.05) is 12.1 Å². The van der Waals surface area contributed by atoms with Crippen LogP contribution in [0.5, 0.6) is 0 Å². The minimum Gasteiger partial charge on any atom is -0.370 e. The third kappa shape index (κ3) is 2.45. The largest absolute Gasteiger partial charge is 0.370 e. The van der Waals surface area contributed by atoms with Gasteiger partial charge in [0.1, 0.15) is 11.2 Å². The van der Waals surface area contributed by atoms with Gasteiger partial charge in [-0.25, -0.2) is 14.5 Å². The Balaban J connectivity index is 1.43. The first-order valence-corrected chi connectivity index (χ1v) is 10.5. The molecule has 8 nitrogen and oxygen atoms in total. The highest BCUT2D eigenvalue weighted by Crippen LogP contribution is 2.39. The molecular weight excluding hydrogens is 402 g/mol. The Kier molecular flexibility index (Phi) is 3.49. The first-order chi connectivity index (χ1) is 14.4. The number of nitrogens with zero attached hydrogens (tertiary/aromatic N) is 5. The molecule has 9 heteroatoms. The van der Waals surface area contributed by atoms with Crippen LogP contribution in [0.25, 0.3) is 15.9 Å². The molecule has 0 radical (unpaired) electrons. The number of fused-ring (bicyclic) bond motifs is 6. The van der Waals surface area contributed by atoms with Gasteiger partial charge in [0.05, 0.1) is 35.3 Å². The van der Waals surface area contributed by atoms with Gasteiger partial charge in [-0.15, -0.1) is 16.4 Å². The van der Waals surface area contributed by atoms with Crippen LogP contribution in [0.4, 0.5) is 0 Å². The monoisotopic (exact) mass is 419 g/mol. The van der Waals surface area contributed by atoms with Crippen molar-refractivity contribution in [3.63, 3.8) is 0 Å². The zero-order chi connectivity index (χ0) is 20.6. The van der Waals surface area contributed by atoms with E-state index in [2.05, 4.69) is 23.9 Å². The Morgan fingerprint density at radius 3 is 2.63 bits per heavy atom. The molecule has 0 fully saturated rings. The molecule has 2 aliphatic rings. The molecule has 0 bridgehead atoms. The average molecular weight is 419 g/mol. The highest BCUT2D eigenvalue weighted by molar-refractivity contribution is 7.19. The summed E-state index contributed by atoms with van der Waals surface area (Å²) in [4.78, 5) is 37.9. The second kappa shape index (κ2) is 5.93. The molecule has 0 unspecified atom stereocenters. The second-order valence-electron chi connectivity index (χ2n) is 8.19. The van der Waals surface area contributed by atoms with E-state index in [1.165, 1.54) is 10.5 Å². The maximum atomic E-state index is 12.7. The highest BCUT2D eigenvalue weighted by atomic mass is 32.1. The summed E-state index contributed by atoms with van der Waals surface area (Å²) >= 11 is 1.61. The number of carbonyl (C=O) groups excluding carboxylic acids is 2. The fraction of sp³-hybridized carbons (Fsp3) is 0.286. The second-order valence-corrected chi connectivity index (χ2v) is 9.28. The molecule has 1 aromatic carbocycles. The predicted octanol–water partition coefficient (Wildman–Crippen LogP) is 2.99. The van der Waals surface area contributed by atoms with Gasteiger partial charge < -0.3 is 4.74 Å². The van der Waals surface area contributed by atoms with Gasteiger partial charge in [0.15, 0.2) is 11.5 Å². The lowest BCUT2D eigenvalue weighted by molar-refractivity contribution is -0.0379. The fourth-order valence-corrected chi connectivity index (χ4v) is 5.24. The number of aromatic nitrogens is 4. The van der Waals surface area contributed by atoms with Crippen LogP contribution >= 0.6 is 11.3 Å². The summed E-state index contributed by atoms with van der Waals surface area (Å²) in [5.41, 5.74) is 2.48. The Morgan fingerprint density at radius 1 is 1.17 bits per heavy atom. The number of hydrogen-bond acceptors (Lipinski definition) is 7. The minimum atomic E-state index is -0.315. The summed E-state index contributed by atoms with van der Waals surface area (Å²) in [6.07, 6.45) is 2.40. The van der Waals surface area contributed by atoms with Crippen molar-refractivity contribution in [3.8, 4) is 0 Å². The van der Waals surface area contributed by atoms with Crippen LogP contribution in [0, 0.1) is 0 Å². The van der Waals surface area contributed by atoms with Crippen molar-refractivity contribution in [3.05, 3.63) is 58.0 Å². The standard InChI is InChI=1S/C21H17N5O3S/c1-21(2)7-13-14(9-29-21)30-18-16(13)17-23-15(24-26(17)10-22-18)8-25-19(27)11-5-3-4-6-12(11)20(25)28/h3-6,10H,7-9H2,1-2H3. The number of ether oxygens (including phenoxy) is 1. The molecule has 0 N–H and O–H groups in total. The Labute approximate surface area is 175 Å². The lowest BCUT2D eigenvalue weighted by atomic mass is 9.94. The molecule has 0 spiro atoms. The van der Waals surface area contributed by atoms with Gasteiger partial charge in [0.2, 0.25) is 0 Å². The van der Waals surface area contributed by atoms with E-state index in [1.54, 1.807) is 46.4 Å². The fourth-order valence-electron chi connectivity index (χ4n) is 4.18. The Hall–Kier alpha value is -3.17. The van der Waals surface area contributed by atoms with Gasteiger partial charge >= 0.3 is 0 Å². The molecule has 150 valence electrons. The summed E-state index contributed by atoms with van der Waals surface area (Å²) in [6.45, 7) is 4.73. The molecule has 0 saturated carbocycles. The van der Waals surface area contributed by atoms with E-state index in [0.29, 0.717) is 29.2 Å². The van der Waals surface area contributed by atoms with Gasteiger partial charge in [-0.2, -0.15) is 0 Å². The smallest absolute Gasteiger partial charge is 0.261 e. The van der Waals surface area contributed by atoms with Crippen LogP contribution in [-0.4, -0.2) is 41.9 Å². The van der Waals surface area contributed by atoms with Gasteiger partial charge in [0.25, 0.3) is 11.8 Å². The quantitative estimate of drug-likeness (QED) is 0.464. The summed E-state index contributed by atoms with van der Waals surface area (Å²) in [6, 6.07) is 6.84. The normalized spacial score (nSPS) is 17.7. The number of imide groups is 1. The molecule has 3 aromatic heterocycles. The molecule has 2 amide bonds. The van der Waals surface area contributed by atoms with E-state index < -0.39 is 0 Å². The van der Waals surface area contributed by atoms with Crippen molar-refractivity contribution >= 4 is 39.0 Å². The average Bonchev–Trinajstić information content (AvgIpc) is 3.36. The number of thiophene rings is 1. The number of benzene rings is 1. The van der Waals surface area contributed by atoms with Crippen LogP contribution in [0.1, 0.15) is 50.8 Å². The van der Waals surface area contributed by atoms with E-state index in [-0.39, 0.29) is 24.0 Å². The third-order valence-electron chi connectivity index (χ3n) is 5.63. The van der Waals surface area contributed by atoms with E-state index in [1.807, 2.05) is 0 Å². The van der Waals surface area contributed by atoms with Crippen LogP contribution in [-0.2, 0) is 24.3 Å². The first-order valence-electron chi connectivity index (χ1n) is 9.65. The predicted molar refractivity (Wildman–Crippen MR) is 109 cm³/mol. The van der Waals surface area contributed by atoms with Crippen LogP contribution in [0.15, 0.2) is 30.6 Å². The Bertz CT molecular complexity index is 1350. The lowest BCUT2D eigenvalue weighted by Crippen LogP contribution is -2.31. The maximum absolute atomic E-state index is 12.7. The summed E-state index contributed by atoms with van der Waals surface area (Å²) in [5, 5.41) is 5.47. The number of carbonyl (C=O) groups is 2. The summed E-state index contributed by atoms with van der Waals surface area (Å²) < 4.78 is 7.57. The maximum Gasteiger partial charge on any atom is 0.261 e. The molecule has 0 aliphatic carbocycles. The number of hydrogen-bond donors (Lipinski definition) is 0. The van der Waals surface area contributed by atoms with E-state index >= 15 is 0 Å². The molecule has 0 saturated heterocycles. The van der Waals surface area contributed by atoms with Crippen molar-refractivity contribution in [1.29, 1.82) is 0 Å². The minimum absolute atomic E-state index is 0.0243. The molecule has 0 atom stereocenters. The van der Waals surface area contributed by atoms with E-state index in [4.69, 9.17) is 9.72 Å². The van der Waals surface area contributed by atoms with Crippen molar-refractivity contribution in [1.82, 2.24) is 24.5 Å². The first kappa shape index (κ1) is 17.7. The molecule has 2 aliphatic heterocycles. The molecule has 4 aromatic rings. The summed E-state index contributed by atoms with van der Waals surface area (Å²) in [7, 11) is 0. The lowest BCUT2D eigenvalue weighted by Gasteiger charge is -2.30. The topological polar surface area (TPSA) is 89.7 Å². The van der Waals surface area contributed by atoms with Crippen LogP contribution in [0.3, 0.4) is 0 Å². The van der Waals surface area contributed by atoms with Crippen molar-refractivity contribution in [2.75, 3.05) is 0 Å². The number of rotatable bonds is 2. The molecule has 5 heterocycles. The van der Waals surface area contributed by atoms with Crippen molar-refractivity contribution in [2.45, 2.75) is 39.0 Å². The van der Waals surface area contributed by atoms with Crippen molar-refractivity contribution in [2.24, 2.45) is 0 Å². The number of amides is 2. The zero-order valence-corrected chi connectivity index (χ0v) is 17.2. The zero-order valence-electron chi connectivity index (χ0n) is 16.4. The molecule has 30 heavy (non-hydrogen) atoms. The van der Waals surface area contributed by atoms with Gasteiger partial charge in [-0.3, -0.25) is 14.5 Å². The Morgan fingerprint density at radius 2 is 1.90 bits per heavy atom. The highest BCUT2D eigenvalue weighted by Gasteiger charge is 2.36.